The summed E-state index contributed by atoms with van der Waals surface area (Å²) >= 11 is 0. The van der Waals surface area contributed by atoms with Crippen LogP contribution < -0.4 is 22.1 Å². The SMILES string of the molecule is NC(=O)CCC(NC(=O)C(N)CC(=O)O)C(=O)N1CCCC1C(=O)NC(CCC(=O)O)C(=O)O. The third-order valence-electron chi connectivity index (χ3n) is 5.13. The molecular formula is C19H29N5O10. The lowest BCUT2D eigenvalue weighted by atomic mass is 10.1. The lowest BCUT2D eigenvalue weighted by Crippen LogP contribution is -2.57. The highest BCUT2D eigenvalue weighted by Crippen LogP contribution is 2.20. The van der Waals surface area contributed by atoms with E-state index < -0.39 is 78.5 Å². The Bertz CT molecular complexity index is 832. The Labute approximate surface area is 193 Å². The number of carbonyl (C=O) groups excluding carboxylic acids is 4. The first-order valence-electron chi connectivity index (χ1n) is 10.4. The average Bonchev–Trinajstić information content (AvgIpc) is 3.22. The predicted molar refractivity (Wildman–Crippen MR) is 112 cm³/mol. The Hall–Kier alpha value is -3.75. The maximum Gasteiger partial charge on any atom is 0.326 e. The molecule has 4 unspecified atom stereocenters. The van der Waals surface area contributed by atoms with Gasteiger partial charge in [0.05, 0.1) is 12.5 Å². The number of primary amides is 1. The van der Waals surface area contributed by atoms with Crippen LogP contribution in [-0.4, -0.2) is 92.5 Å². The van der Waals surface area contributed by atoms with Crippen LogP contribution in [0, 0.1) is 0 Å². The van der Waals surface area contributed by atoms with Gasteiger partial charge in [0, 0.05) is 19.4 Å². The number of carboxylic acid groups (broad SMARTS) is 3. The molecule has 0 bridgehead atoms. The number of hydrogen-bond donors (Lipinski definition) is 7. The number of amides is 4. The van der Waals surface area contributed by atoms with Gasteiger partial charge < -0.3 is 42.3 Å². The smallest absolute Gasteiger partial charge is 0.326 e. The van der Waals surface area contributed by atoms with Crippen LogP contribution in [0.5, 0.6) is 0 Å². The molecule has 0 aromatic rings. The molecule has 4 amide bonds. The second kappa shape index (κ2) is 13.1. The second-order valence-corrected chi connectivity index (χ2v) is 7.79. The van der Waals surface area contributed by atoms with E-state index in [1.165, 1.54) is 0 Å². The third-order valence-corrected chi connectivity index (χ3v) is 5.13. The van der Waals surface area contributed by atoms with E-state index in [1.807, 2.05) is 0 Å². The van der Waals surface area contributed by atoms with Crippen molar-refractivity contribution >= 4 is 41.5 Å². The van der Waals surface area contributed by atoms with E-state index in [0.717, 1.165) is 4.90 Å². The molecule has 1 aliphatic rings. The fraction of sp³-hybridized carbons (Fsp3) is 0.632. The Morgan fingerprint density at radius 1 is 0.912 bits per heavy atom. The van der Waals surface area contributed by atoms with Crippen molar-refractivity contribution in [2.45, 2.75) is 69.1 Å². The van der Waals surface area contributed by atoms with E-state index in [9.17, 15) is 38.7 Å². The number of carboxylic acids is 3. The van der Waals surface area contributed by atoms with Gasteiger partial charge in [0.25, 0.3) is 0 Å². The van der Waals surface area contributed by atoms with E-state index in [-0.39, 0.29) is 32.2 Å². The number of hydrogen-bond acceptors (Lipinski definition) is 8. The minimum absolute atomic E-state index is 0.0912. The summed E-state index contributed by atoms with van der Waals surface area (Å²) < 4.78 is 0. The van der Waals surface area contributed by atoms with Gasteiger partial charge in [-0.25, -0.2) is 4.79 Å². The first-order chi connectivity index (χ1) is 15.8. The zero-order valence-electron chi connectivity index (χ0n) is 18.3. The highest BCUT2D eigenvalue weighted by molar-refractivity contribution is 5.95. The summed E-state index contributed by atoms with van der Waals surface area (Å²) in [4.78, 5) is 83.2. The maximum atomic E-state index is 13.1. The van der Waals surface area contributed by atoms with Crippen molar-refractivity contribution in [2.75, 3.05) is 6.54 Å². The Morgan fingerprint density at radius 3 is 2.06 bits per heavy atom. The fourth-order valence-corrected chi connectivity index (χ4v) is 3.40. The maximum absolute atomic E-state index is 13.1. The molecule has 0 aliphatic carbocycles. The van der Waals surface area contributed by atoms with E-state index in [0.29, 0.717) is 6.42 Å². The molecule has 0 saturated carbocycles. The summed E-state index contributed by atoms with van der Waals surface area (Å²) in [5, 5.41) is 31.3. The molecule has 0 spiro atoms. The van der Waals surface area contributed by atoms with Crippen molar-refractivity contribution in [3.05, 3.63) is 0 Å². The van der Waals surface area contributed by atoms with Crippen molar-refractivity contribution in [1.29, 1.82) is 0 Å². The molecule has 1 fully saturated rings. The lowest BCUT2D eigenvalue weighted by molar-refractivity contribution is -0.145. The van der Waals surface area contributed by atoms with Crippen LogP contribution in [0.4, 0.5) is 0 Å². The first-order valence-corrected chi connectivity index (χ1v) is 10.4. The average molecular weight is 487 g/mol. The van der Waals surface area contributed by atoms with Gasteiger partial charge in [-0.05, 0) is 25.7 Å². The second-order valence-electron chi connectivity index (χ2n) is 7.79. The standard InChI is InChI=1S/C19H29N5O10/c20-9(8-15(28)29)16(30)22-10(3-5-13(21)25)18(32)24-7-1-2-12(24)17(31)23-11(19(33)34)4-6-14(26)27/h9-12H,1-8,20H2,(H2,21,25)(H,22,30)(H,23,31)(H,26,27)(H,28,29)(H,33,34). The van der Waals surface area contributed by atoms with Crippen LogP contribution >= 0.6 is 0 Å². The normalized spacial score (nSPS) is 17.8. The molecule has 1 heterocycles. The molecule has 15 nitrogen and oxygen atoms in total. The molecule has 15 heteroatoms. The van der Waals surface area contributed by atoms with Gasteiger partial charge in [0.1, 0.15) is 18.1 Å². The molecule has 1 saturated heterocycles. The topological polar surface area (TPSA) is 260 Å². The van der Waals surface area contributed by atoms with Crippen LogP contribution in [0.15, 0.2) is 0 Å². The number of rotatable bonds is 14. The summed E-state index contributed by atoms with van der Waals surface area (Å²) in [6.45, 7) is 0.0912. The van der Waals surface area contributed by atoms with E-state index in [2.05, 4.69) is 10.6 Å². The van der Waals surface area contributed by atoms with Crippen molar-refractivity contribution < 1.29 is 48.9 Å². The quantitative estimate of drug-likeness (QED) is 0.129. The minimum Gasteiger partial charge on any atom is -0.481 e. The van der Waals surface area contributed by atoms with Crippen molar-refractivity contribution in [1.82, 2.24) is 15.5 Å². The Morgan fingerprint density at radius 2 is 1.53 bits per heavy atom. The van der Waals surface area contributed by atoms with Gasteiger partial charge in [0.2, 0.25) is 23.6 Å². The van der Waals surface area contributed by atoms with Crippen molar-refractivity contribution in [3.63, 3.8) is 0 Å². The number of carbonyl (C=O) groups is 7. The van der Waals surface area contributed by atoms with Crippen LogP contribution in [0.1, 0.15) is 44.9 Å². The van der Waals surface area contributed by atoms with Gasteiger partial charge in [-0.1, -0.05) is 0 Å². The molecule has 34 heavy (non-hydrogen) atoms. The highest BCUT2D eigenvalue weighted by atomic mass is 16.4. The van der Waals surface area contributed by atoms with Gasteiger partial charge in [-0.2, -0.15) is 0 Å². The lowest BCUT2D eigenvalue weighted by Gasteiger charge is -2.29. The van der Waals surface area contributed by atoms with Crippen LogP contribution in [-0.2, 0) is 33.6 Å². The van der Waals surface area contributed by atoms with Gasteiger partial charge >= 0.3 is 17.9 Å². The molecule has 0 radical (unpaired) electrons. The molecule has 0 aromatic carbocycles. The Balaban J connectivity index is 2.97. The monoisotopic (exact) mass is 487 g/mol. The first kappa shape index (κ1) is 28.3. The molecule has 0 aromatic heterocycles. The third kappa shape index (κ3) is 9.01. The molecule has 4 atom stereocenters. The summed E-state index contributed by atoms with van der Waals surface area (Å²) in [5.41, 5.74) is 10.6. The highest BCUT2D eigenvalue weighted by Gasteiger charge is 2.39. The van der Waals surface area contributed by atoms with Crippen molar-refractivity contribution in [2.24, 2.45) is 11.5 Å². The number of nitrogens with zero attached hydrogens (tertiary/aromatic N) is 1. The summed E-state index contributed by atoms with van der Waals surface area (Å²) in [6, 6.07) is -5.39. The van der Waals surface area contributed by atoms with E-state index >= 15 is 0 Å². The fourth-order valence-electron chi connectivity index (χ4n) is 3.40. The van der Waals surface area contributed by atoms with E-state index in [4.69, 9.17) is 21.7 Å². The zero-order chi connectivity index (χ0) is 26.0. The molecule has 190 valence electrons. The van der Waals surface area contributed by atoms with Crippen molar-refractivity contribution in [3.8, 4) is 0 Å². The Kier molecular flexibility index (Phi) is 10.9. The number of likely N-dealkylation sites (tertiary alicyclic amines) is 1. The van der Waals surface area contributed by atoms with Crippen LogP contribution in [0.25, 0.3) is 0 Å². The summed E-state index contributed by atoms with van der Waals surface area (Å²) in [7, 11) is 0. The molecule has 1 rings (SSSR count). The number of nitrogens with two attached hydrogens (primary N) is 2. The van der Waals surface area contributed by atoms with Gasteiger partial charge in [0.15, 0.2) is 0 Å². The molecule has 9 N–H and O–H groups in total. The number of aliphatic carboxylic acids is 3. The van der Waals surface area contributed by atoms with Gasteiger partial charge in [-0.15, -0.1) is 0 Å². The number of nitrogens with one attached hydrogen (secondary N) is 2. The van der Waals surface area contributed by atoms with Gasteiger partial charge in [-0.3, -0.25) is 28.8 Å². The molecular weight excluding hydrogens is 458 g/mol. The largest absolute Gasteiger partial charge is 0.481 e. The minimum atomic E-state index is -1.49. The van der Waals surface area contributed by atoms with E-state index in [1.54, 1.807) is 0 Å². The summed E-state index contributed by atoms with van der Waals surface area (Å²) in [6.07, 6.45) is -1.54. The van der Waals surface area contributed by atoms with Crippen LogP contribution in [0.3, 0.4) is 0 Å². The summed E-state index contributed by atoms with van der Waals surface area (Å²) in [5.74, 6) is -7.31. The predicted octanol–water partition coefficient (Wildman–Crippen LogP) is -3.04. The zero-order valence-corrected chi connectivity index (χ0v) is 18.3. The molecule has 1 aliphatic heterocycles. The van der Waals surface area contributed by atoms with Crippen LogP contribution in [0.2, 0.25) is 0 Å².